The fourth-order valence-electron chi connectivity index (χ4n) is 1.74. The minimum absolute atomic E-state index is 0.179. The van der Waals surface area contributed by atoms with E-state index in [1.807, 2.05) is 20.8 Å². The van der Waals surface area contributed by atoms with Gasteiger partial charge in [0.05, 0.1) is 10.6 Å². The molecule has 0 aliphatic heterocycles. The second-order valence-corrected chi connectivity index (χ2v) is 4.50. The molecular formula is C11H16BrNO2. The predicted octanol–water partition coefficient (Wildman–Crippen LogP) is 2.07. The number of aromatic hydroxyl groups is 1. The van der Waals surface area contributed by atoms with E-state index in [9.17, 15) is 10.2 Å². The highest BCUT2D eigenvalue weighted by Crippen LogP contribution is 2.38. The van der Waals surface area contributed by atoms with Crippen molar-refractivity contribution in [2.24, 2.45) is 5.73 Å². The van der Waals surface area contributed by atoms with E-state index in [1.54, 1.807) is 0 Å². The van der Waals surface area contributed by atoms with Gasteiger partial charge in [-0.05, 0) is 59.0 Å². The van der Waals surface area contributed by atoms with Gasteiger partial charge in [0.25, 0.3) is 0 Å². The molecular weight excluding hydrogens is 258 g/mol. The van der Waals surface area contributed by atoms with Crippen LogP contribution in [0.4, 0.5) is 0 Å². The van der Waals surface area contributed by atoms with Crippen molar-refractivity contribution < 1.29 is 10.2 Å². The standard InChI is InChI=1S/C11H16BrNO2/c1-5-6(2)11(15)10(12)7(3)9(5)8(14)4-13/h8,14-15H,4,13H2,1-3H3. The minimum Gasteiger partial charge on any atom is -0.506 e. The molecule has 4 N–H and O–H groups in total. The van der Waals surface area contributed by atoms with E-state index in [-0.39, 0.29) is 12.3 Å². The van der Waals surface area contributed by atoms with Crippen molar-refractivity contribution in [3.05, 3.63) is 26.7 Å². The molecule has 0 aliphatic rings. The first-order chi connectivity index (χ1) is 6.91. The highest BCUT2D eigenvalue weighted by atomic mass is 79.9. The predicted molar refractivity (Wildman–Crippen MR) is 64.0 cm³/mol. The van der Waals surface area contributed by atoms with Crippen LogP contribution in [0.3, 0.4) is 0 Å². The molecule has 84 valence electrons. The SMILES string of the molecule is Cc1c(C)c(C(O)CN)c(C)c(Br)c1O. The number of hydrogen-bond donors (Lipinski definition) is 3. The zero-order chi connectivity index (χ0) is 11.7. The zero-order valence-electron chi connectivity index (χ0n) is 9.13. The molecule has 15 heavy (non-hydrogen) atoms. The lowest BCUT2D eigenvalue weighted by Gasteiger charge is -2.19. The maximum Gasteiger partial charge on any atom is 0.133 e. The first-order valence-corrected chi connectivity index (χ1v) is 5.57. The third-order valence-corrected chi connectivity index (χ3v) is 3.79. The van der Waals surface area contributed by atoms with Gasteiger partial charge in [0.15, 0.2) is 0 Å². The molecule has 0 amide bonds. The molecule has 1 aromatic carbocycles. The first kappa shape index (κ1) is 12.5. The lowest BCUT2D eigenvalue weighted by molar-refractivity contribution is 0.185. The summed E-state index contributed by atoms with van der Waals surface area (Å²) in [6.07, 6.45) is -0.680. The van der Waals surface area contributed by atoms with E-state index in [1.165, 1.54) is 0 Å². The Labute approximate surface area is 98.1 Å². The average Bonchev–Trinajstić information content (AvgIpc) is 2.23. The molecule has 1 aromatic rings. The van der Waals surface area contributed by atoms with Gasteiger partial charge in [-0.15, -0.1) is 0 Å². The van der Waals surface area contributed by atoms with Crippen molar-refractivity contribution in [2.75, 3.05) is 6.54 Å². The summed E-state index contributed by atoms with van der Waals surface area (Å²) in [5, 5.41) is 19.6. The smallest absolute Gasteiger partial charge is 0.133 e. The quantitative estimate of drug-likeness (QED) is 0.773. The van der Waals surface area contributed by atoms with Crippen LogP contribution in [0.25, 0.3) is 0 Å². The third kappa shape index (κ3) is 2.02. The van der Waals surface area contributed by atoms with Crippen LogP contribution >= 0.6 is 15.9 Å². The topological polar surface area (TPSA) is 66.5 Å². The summed E-state index contributed by atoms with van der Waals surface area (Å²) in [5.74, 6) is 0.234. The number of halogens is 1. The van der Waals surface area contributed by atoms with Crippen molar-refractivity contribution in [2.45, 2.75) is 26.9 Å². The number of phenols is 1. The number of benzene rings is 1. The second kappa shape index (κ2) is 4.51. The van der Waals surface area contributed by atoms with Gasteiger partial charge in [0.2, 0.25) is 0 Å². The van der Waals surface area contributed by atoms with E-state index in [0.717, 1.165) is 22.3 Å². The van der Waals surface area contributed by atoms with E-state index >= 15 is 0 Å². The van der Waals surface area contributed by atoms with Gasteiger partial charge >= 0.3 is 0 Å². The lowest BCUT2D eigenvalue weighted by Crippen LogP contribution is -2.15. The van der Waals surface area contributed by atoms with Crippen LogP contribution in [0, 0.1) is 20.8 Å². The molecule has 1 unspecified atom stereocenters. The molecule has 1 rings (SSSR count). The summed E-state index contributed by atoms with van der Waals surface area (Å²) in [5.41, 5.74) is 8.77. The number of rotatable bonds is 2. The van der Waals surface area contributed by atoms with Gasteiger partial charge in [0.1, 0.15) is 5.75 Å². The Balaban J connectivity index is 3.52. The Bertz CT molecular complexity index is 362. The fourth-order valence-corrected chi connectivity index (χ4v) is 2.25. The number of phenolic OH excluding ortho intramolecular Hbond substituents is 1. The highest BCUT2D eigenvalue weighted by molar-refractivity contribution is 9.10. The summed E-state index contributed by atoms with van der Waals surface area (Å²) < 4.78 is 0.633. The monoisotopic (exact) mass is 273 g/mol. The normalized spacial score (nSPS) is 12.9. The summed E-state index contributed by atoms with van der Waals surface area (Å²) in [6, 6.07) is 0. The Morgan fingerprint density at radius 3 is 2.20 bits per heavy atom. The number of aliphatic hydroxyl groups excluding tert-OH is 1. The van der Waals surface area contributed by atoms with Gasteiger partial charge in [0, 0.05) is 6.54 Å². The Morgan fingerprint density at radius 2 is 1.73 bits per heavy atom. The molecule has 3 nitrogen and oxygen atoms in total. The molecule has 4 heteroatoms. The Hall–Kier alpha value is -0.580. The average molecular weight is 274 g/mol. The molecule has 0 bridgehead atoms. The largest absolute Gasteiger partial charge is 0.506 e. The van der Waals surface area contributed by atoms with Gasteiger partial charge < -0.3 is 15.9 Å². The van der Waals surface area contributed by atoms with E-state index < -0.39 is 6.10 Å². The number of hydrogen-bond acceptors (Lipinski definition) is 3. The van der Waals surface area contributed by atoms with Gasteiger partial charge in [-0.1, -0.05) is 0 Å². The molecule has 1 atom stereocenters. The lowest BCUT2D eigenvalue weighted by atomic mass is 9.93. The molecule has 0 saturated heterocycles. The van der Waals surface area contributed by atoms with Gasteiger partial charge in [-0.25, -0.2) is 0 Å². The molecule has 0 heterocycles. The van der Waals surface area contributed by atoms with Crippen LogP contribution in [0.5, 0.6) is 5.75 Å². The van der Waals surface area contributed by atoms with Crippen LogP contribution in [-0.2, 0) is 0 Å². The summed E-state index contributed by atoms with van der Waals surface area (Å²) in [6.45, 7) is 5.73. The van der Waals surface area contributed by atoms with Crippen LogP contribution in [0.15, 0.2) is 4.47 Å². The van der Waals surface area contributed by atoms with Crippen molar-refractivity contribution in [1.29, 1.82) is 0 Å². The highest BCUT2D eigenvalue weighted by Gasteiger charge is 2.19. The maximum absolute atomic E-state index is 9.80. The molecule has 0 fully saturated rings. The molecule has 0 spiro atoms. The van der Waals surface area contributed by atoms with Crippen molar-refractivity contribution in [3.8, 4) is 5.75 Å². The Kier molecular flexibility index (Phi) is 3.76. The van der Waals surface area contributed by atoms with Gasteiger partial charge in [-0.3, -0.25) is 0 Å². The van der Waals surface area contributed by atoms with Gasteiger partial charge in [-0.2, -0.15) is 0 Å². The molecule has 0 radical (unpaired) electrons. The molecule has 0 aromatic heterocycles. The summed E-state index contributed by atoms with van der Waals surface area (Å²) in [4.78, 5) is 0. The van der Waals surface area contributed by atoms with Crippen molar-refractivity contribution in [3.63, 3.8) is 0 Å². The zero-order valence-corrected chi connectivity index (χ0v) is 10.7. The summed E-state index contributed by atoms with van der Waals surface area (Å²) in [7, 11) is 0. The van der Waals surface area contributed by atoms with Crippen LogP contribution < -0.4 is 5.73 Å². The first-order valence-electron chi connectivity index (χ1n) is 4.78. The Morgan fingerprint density at radius 1 is 1.20 bits per heavy atom. The minimum atomic E-state index is -0.680. The van der Waals surface area contributed by atoms with Crippen LogP contribution in [0.1, 0.15) is 28.4 Å². The second-order valence-electron chi connectivity index (χ2n) is 3.70. The van der Waals surface area contributed by atoms with Crippen LogP contribution in [-0.4, -0.2) is 16.8 Å². The van der Waals surface area contributed by atoms with E-state index in [4.69, 9.17) is 5.73 Å². The summed E-state index contributed by atoms with van der Waals surface area (Å²) >= 11 is 3.31. The van der Waals surface area contributed by atoms with E-state index in [0.29, 0.717) is 4.47 Å². The molecule has 0 aliphatic carbocycles. The maximum atomic E-state index is 9.80. The van der Waals surface area contributed by atoms with E-state index in [2.05, 4.69) is 15.9 Å². The fraction of sp³-hybridized carbons (Fsp3) is 0.455. The van der Waals surface area contributed by atoms with Crippen molar-refractivity contribution >= 4 is 15.9 Å². The molecule has 0 saturated carbocycles. The number of nitrogens with two attached hydrogens (primary N) is 1. The number of aliphatic hydroxyl groups is 1. The van der Waals surface area contributed by atoms with Crippen molar-refractivity contribution in [1.82, 2.24) is 0 Å². The third-order valence-electron chi connectivity index (χ3n) is 2.82. The van der Waals surface area contributed by atoms with Crippen LogP contribution in [0.2, 0.25) is 0 Å².